The van der Waals surface area contributed by atoms with E-state index >= 15 is 0 Å². The molecule has 1 aromatic rings. The van der Waals surface area contributed by atoms with E-state index in [0.717, 1.165) is 0 Å². The van der Waals surface area contributed by atoms with Crippen molar-refractivity contribution in [1.82, 2.24) is 5.32 Å². The molecule has 1 rings (SSSR count). The minimum atomic E-state index is -0.721. The zero-order valence-corrected chi connectivity index (χ0v) is 12.9. The number of hydrogen-bond acceptors (Lipinski definition) is 5. The van der Waals surface area contributed by atoms with Crippen LogP contribution < -0.4 is 5.32 Å². The molecular weight excluding hydrogens is 288 g/mol. The number of methoxy groups -OCH3 is 1. The van der Waals surface area contributed by atoms with E-state index in [1.54, 1.807) is 6.07 Å². The van der Waals surface area contributed by atoms with E-state index in [2.05, 4.69) is 5.32 Å². The van der Waals surface area contributed by atoms with Gasteiger partial charge in [-0.05, 0) is 11.5 Å². The maximum absolute atomic E-state index is 12.1. The lowest BCUT2D eigenvalue weighted by Gasteiger charge is -2.21. The number of ether oxygens (including phenoxy) is 1. The van der Waals surface area contributed by atoms with Crippen molar-refractivity contribution < 1.29 is 19.2 Å². The molecule has 2 atom stereocenters. The highest BCUT2D eigenvalue weighted by atomic mass is 16.6. The number of amides is 1. The third-order valence-electron chi connectivity index (χ3n) is 3.47. The second kappa shape index (κ2) is 8.11. The van der Waals surface area contributed by atoms with E-state index < -0.39 is 16.9 Å². The molecular formula is C15H20N2O5. The summed E-state index contributed by atoms with van der Waals surface area (Å²) in [6.45, 7) is 3.75. The molecule has 0 bridgehead atoms. The molecule has 0 spiro atoms. The number of nitro groups is 1. The third kappa shape index (κ3) is 4.83. The zero-order valence-electron chi connectivity index (χ0n) is 12.9. The molecule has 0 heterocycles. The van der Waals surface area contributed by atoms with Crippen molar-refractivity contribution in [3.05, 3.63) is 39.9 Å². The highest BCUT2D eigenvalue weighted by Gasteiger charge is 2.26. The average Bonchev–Trinajstić information content (AvgIpc) is 2.51. The minimum absolute atomic E-state index is 0.0361. The summed E-state index contributed by atoms with van der Waals surface area (Å²) >= 11 is 0. The van der Waals surface area contributed by atoms with Gasteiger partial charge in [0.1, 0.15) is 6.04 Å². The maximum atomic E-state index is 12.1. The fraction of sp³-hybridized carbons (Fsp3) is 0.467. The number of nitrogens with one attached hydrogen (secondary N) is 1. The zero-order chi connectivity index (χ0) is 16.7. The Bertz CT molecular complexity index is 559. The molecule has 7 heteroatoms. The van der Waals surface area contributed by atoms with Gasteiger partial charge < -0.3 is 10.1 Å². The first kappa shape index (κ1) is 17.6. The number of esters is 1. The molecule has 1 amide bonds. The minimum Gasteiger partial charge on any atom is -0.467 e. The van der Waals surface area contributed by atoms with Crippen molar-refractivity contribution in [2.75, 3.05) is 7.11 Å². The number of nitrogens with zero attached hydrogens (tertiary/aromatic N) is 1. The normalized spacial score (nSPS) is 13.0. The summed E-state index contributed by atoms with van der Waals surface area (Å²) in [7, 11) is 1.27. The van der Waals surface area contributed by atoms with Gasteiger partial charge in [0.15, 0.2) is 0 Å². The molecule has 0 unspecified atom stereocenters. The van der Waals surface area contributed by atoms with Crippen molar-refractivity contribution in [1.29, 1.82) is 0 Å². The van der Waals surface area contributed by atoms with Gasteiger partial charge in [-0.15, -0.1) is 0 Å². The molecule has 0 saturated heterocycles. The molecule has 1 aromatic carbocycles. The van der Waals surface area contributed by atoms with Gasteiger partial charge >= 0.3 is 5.97 Å². The Morgan fingerprint density at radius 3 is 2.64 bits per heavy atom. The van der Waals surface area contributed by atoms with Crippen molar-refractivity contribution in [3.8, 4) is 0 Å². The molecule has 120 valence electrons. The molecule has 1 N–H and O–H groups in total. The molecule has 0 saturated carbocycles. The highest BCUT2D eigenvalue weighted by Crippen LogP contribution is 2.14. The van der Waals surface area contributed by atoms with Crippen LogP contribution in [0.2, 0.25) is 0 Å². The van der Waals surface area contributed by atoms with Crippen molar-refractivity contribution in [2.24, 2.45) is 5.92 Å². The molecule has 0 aliphatic carbocycles. The lowest BCUT2D eigenvalue weighted by Crippen LogP contribution is -2.46. The summed E-state index contributed by atoms with van der Waals surface area (Å²) in [5, 5.41) is 13.3. The van der Waals surface area contributed by atoms with Crippen LogP contribution in [0.25, 0.3) is 0 Å². The molecule has 0 aliphatic rings. The highest BCUT2D eigenvalue weighted by molar-refractivity contribution is 5.85. The van der Waals surface area contributed by atoms with E-state index in [1.807, 2.05) is 13.8 Å². The van der Waals surface area contributed by atoms with Crippen LogP contribution in [0.3, 0.4) is 0 Å². The topological polar surface area (TPSA) is 98.5 Å². The van der Waals surface area contributed by atoms with E-state index in [1.165, 1.54) is 25.3 Å². The first-order valence-corrected chi connectivity index (χ1v) is 6.99. The van der Waals surface area contributed by atoms with Crippen molar-refractivity contribution >= 4 is 17.6 Å². The number of hydrogen-bond donors (Lipinski definition) is 1. The van der Waals surface area contributed by atoms with Crippen LogP contribution in [0, 0.1) is 16.0 Å². The lowest BCUT2D eigenvalue weighted by atomic mass is 9.99. The number of carbonyl (C=O) groups is 2. The summed E-state index contributed by atoms with van der Waals surface area (Å²) in [6.07, 6.45) is 0.669. The molecule has 0 fully saturated rings. The first-order chi connectivity index (χ1) is 10.4. The van der Waals surface area contributed by atoms with Gasteiger partial charge in [-0.3, -0.25) is 14.9 Å². The Morgan fingerprint density at radius 1 is 1.41 bits per heavy atom. The van der Waals surface area contributed by atoms with E-state index in [4.69, 9.17) is 4.74 Å². The second-order valence-electron chi connectivity index (χ2n) is 5.06. The molecule has 22 heavy (non-hydrogen) atoms. The van der Waals surface area contributed by atoms with Gasteiger partial charge in [-0.2, -0.15) is 0 Å². The van der Waals surface area contributed by atoms with Crippen molar-refractivity contribution in [2.45, 2.75) is 32.7 Å². The molecule has 7 nitrogen and oxygen atoms in total. The quantitative estimate of drug-likeness (QED) is 0.471. The number of carbonyl (C=O) groups excluding carboxylic acids is 2. The van der Waals surface area contributed by atoms with Gasteiger partial charge in [0.2, 0.25) is 5.91 Å². The third-order valence-corrected chi connectivity index (χ3v) is 3.47. The first-order valence-electron chi connectivity index (χ1n) is 6.99. The Balaban J connectivity index is 2.77. The van der Waals surface area contributed by atoms with Gasteiger partial charge in [-0.1, -0.05) is 32.4 Å². The second-order valence-corrected chi connectivity index (χ2v) is 5.06. The monoisotopic (exact) mass is 308 g/mol. The predicted molar refractivity (Wildman–Crippen MR) is 80.2 cm³/mol. The Kier molecular flexibility index (Phi) is 6.49. The van der Waals surface area contributed by atoms with Gasteiger partial charge in [0.05, 0.1) is 18.5 Å². The summed E-state index contributed by atoms with van der Waals surface area (Å²) in [6, 6.07) is 5.13. The predicted octanol–water partition coefficient (Wildman–Crippen LogP) is 1.84. The van der Waals surface area contributed by atoms with Crippen LogP contribution in [0.4, 0.5) is 5.69 Å². The Hall–Kier alpha value is -2.44. The summed E-state index contributed by atoms with van der Waals surface area (Å²) < 4.78 is 4.69. The van der Waals surface area contributed by atoms with Crippen molar-refractivity contribution in [3.63, 3.8) is 0 Å². The summed E-state index contributed by atoms with van der Waals surface area (Å²) in [5.74, 6) is -0.945. The van der Waals surface area contributed by atoms with Crippen LogP contribution >= 0.6 is 0 Å². The van der Waals surface area contributed by atoms with Crippen LogP contribution in [0.5, 0.6) is 0 Å². The van der Waals surface area contributed by atoms with Crippen LogP contribution in [-0.4, -0.2) is 30.0 Å². The van der Waals surface area contributed by atoms with Gasteiger partial charge in [-0.25, -0.2) is 4.79 Å². The SMILES string of the molecule is CC[C@H](C)[C@@H](NC(=O)Cc1cccc([N+](=O)[O-])c1)C(=O)OC. The number of benzene rings is 1. The van der Waals surface area contributed by atoms with E-state index in [0.29, 0.717) is 12.0 Å². The number of nitro benzene ring substituents is 1. The smallest absolute Gasteiger partial charge is 0.328 e. The average molecular weight is 308 g/mol. The standard InChI is InChI=1S/C15H20N2O5/c1-4-10(2)14(15(19)22-3)16-13(18)9-11-6-5-7-12(8-11)17(20)21/h5-8,10,14H,4,9H2,1-3H3,(H,16,18)/t10-,14+/m0/s1. The Morgan fingerprint density at radius 2 is 2.09 bits per heavy atom. The molecule has 0 radical (unpaired) electrons. The largest absolute Gasteiger partial charge is 0.467 e. The number of non-ortho nitro benzene ring substituents is 1. The Labute approximate surface area is 128 Å². The fourth-order valence-corrected chi connectivity index (χ4v) is 1.99. The summed E-state index contributed by atoms with van der Waals surface area (Å²) in [4.78, 5) is 34.0. The van der Waals surface area contributed by atoms with Crippen LogP contribution in [0.1, 0.15) is 25.8 Å². The molecule has 0 aliphatic heterocycles. The molecule has 0 aromatic heterocycles. The lowest BCUT2D eigenvalue weighted by molar-refractivity contribution is -0.384. The maximum Gasteiger partial charge on any atom is 0.328 e. The summed E-state index contributed by atoms with van der Waals surface area (Å²) in [5.41, 5.74) is 0.441. The van der Waals surface area contributed by atoms with Gasteiger partial charge in [0, 0.05) is 12.1 Å². The van der Waals surface area contributed by atoms with E-state index in [9.17, 15) is 19.7 Å². The van der Waals surface area contributed by atoms with Gasteiger partial charge in [0.25, 0.3) is 5.69 Å². The van der Waals surface area contributed by atoms with E-state index in [-0.39, 0.29) is 23.9 Å². The fourth-order valence-electron chi connectivity index (χ4n) is 1.99. The number of rotatable bonds is 7. The van der Waals surface area contributed by atoms with Crippen LogP contribution in [-0.2, 0) is 20.7 Å². The van der Waals surface area contributed by atoms with Crippen LogP contribution in [0.15, 0.2) is 24.3 Å².